The SMILES string of the molecule is CCc1noc(COc2cc(Br)cc(F)c2F)n1. The quantitative estimate of drug-likeness (QED) is 0.812. The van der Waals surface area contributed by atoms with E-state index in [4.69, 9.17) is 9.26 Å². The van der Waals surface area contributed by atoms with Gasteiger partial charge < -0.3 is 9.26 Å². The van der Waals surface area contributed by atoms with Crippen molar-refractivity contribution in [3.8, 4) is 5.75 Å². The van der Waals surface area contributed by atoms with E-state index >= 15 is 0 Å². The van der Waals surface area contributed by atoms with Crippen LogP contribution in [-0.2, 0) is 13.0 Å². The molecule has 0 N–H and O–H groups in total. The first-order valence-corrected chi connectivity index (χ1v) is 5.98. The van der Waals surface area contributed by atoms with Crippen LogP contribution in [-0.4, -0.2) is 10.1 Å². The standard InChI is InChI=1S/C11H9BrF2N2O2/c1-2-9-15-10(18-16-9)5-17-8-4-6(12)3-7(13)11(8)14/h3-4H,2,5H2,1H3. The number of halogens is 3. The highest BCUT2D eigenvalue weighted by Gasteiger charge is 2.13. The molecular formula is C11H9BrF2N2O2. The van der Waals surface area contributed by atoms with Crippen molar-refractivity contribution < 1.29 is 18.0 Å². The van der Waals surface area contributed by atoms with Gasteiger partial charge in [0, 0.05) is 10.9 Å². The van der Waals surface area contributed by atoms with Gasteiger partial charge in [-0.2, -0.15) is 9.37 Å². The van der Waals surface area contributed by atoms with Gasteiger partial charge in [0.05, 0.1) is 0 Å². The molecule has 0 atom stereocenters. The van der Waals surface area contributed by atoms with E-state index in [1.54, 1.807) is 0 Å². The van der Waals surface area contributed by atoms with Crippen LogP contribution in [0.5, 0.6) is 5.75 Å². The van der Waals surface area contributed by atoms with E-state index in [9.17, 15) is 8.78 Å². The first kappa shape index (κ1) is 12.9. The van der Waals surface area contributed by atoms with Crippen molar-refractivity contribution in [1.29, 1.82) is 0 Å². The molecule has 96 valence electrons. The van der Waals surface area contributed by atoms with Crippen LogP contribution in [0.15, 0.2) is 21.1 Å². The summed E-state index contributed by atoms with van der Waals surface area (Å²) >= 11 is 3.05. The molecular weight excluding hydrogens is 310 g/mol. The van der Waals surface area contributed by atoms with E-state index in [1.165, 1.54) is 6.07 Å². The van der Waals surface area contributed by atoms with E-state index in [-0.39, 0.29) is 18.2 Å². The number of nitrogens with zero attached hydrogens (tertiary/aromatic N) is 2. The Morgan fingerprint density at radius 1 is 1.39 bits per heavy atom. The van der Waals surface area contributed by atoms with Crippen LogP contribution in [0, 0.1) is 11.6 Å². The number of hydrogen-bond acceptors (Lipinski definition) is 4. The minimum atomic E-state index is -1.05. The predicted molar refractivity (Wildman–Crippen MR) is 62.1 cm³/mol. The first-order valence-electron chi connectivity index (χ1n) is 5.19. The van der Waals surface area contributed by atoms with Crippen LogP contribution in [0.3, 0.4) is 0 Å². The maximum Gasteiger partial charge on any atom is 0.264 e. The minimum Gasteiger partial charge on any atom is -0.481 e. The molecule has 0 fully saturated rings. The van der Waals surface area contributed by atoms with Gasteiger partial charge in [0.15, 0.2) is 24.0 Å². The topological polar surface area (TPSA) is 48.2 Å². The van der Waals surface area contributed by atoms with Crippen molar-refractivity contribution in [2.75, 3.05) is 0 Å². The van der Waals surface area contributed by atoms with Gasteiger partial charge in [-0.25, -0.2) is 4.39 Å². The van der Waals surface area contributed by atoms with Gasteiger partial charge in [-0.15, -0.1) is 0 Å². The predicted octanol–water partition coefficient (Wildman–Crippen LogP) is 3.25. The van der Waals surface area contributed by atoms with Crippen molar-refractivity contribution in [3.63, 3.8) is 0 Å². The molecule has 0 aliphatic rings. The molecule has 18 heavy (non-hydrogen) atoms. The first-order chi connectivity index (χ1) is 8.60. The molecule has 1 aromatic carbocycles. The Morgan fingerprint density at radius 3 is 2.83 bits per heavy atom. The molecule has 0 aliphatic carbocycles. The van der Waals surface area contributed by atoms with Crippen molar-refractivity contribution in [2.24, 2.45) is 0 Å². The highest BCUT2D eigenvalue weighted by atomic mass is 79.9. The fraction of sp³-hybridized carbons (Fsp3) is 0.273. The van der Waals surface area contributed by atoms with Crippen LogP contribution in [0.25, 0.3) is 0 Å². The number of aromatic nitrogens is 2. The third-order valence-electron chi connectivity index (χ3n) is 2.14. The summed E-state index contributed by atoms with van der Waals surface area (Å²) < 4.78 is 36.8. The number of hydrogen-bond donors (Lipinski definition) is 0. The lowest BCUT2D eigenvalue weighted by atomic mass is 10.3. The van der Waals surface area contributed by atoms with E-state index in [1.807, 2.05) is 6.92 Å². The average Bonchev–Trinajstić information content (AvgIpc) is 2.80. The highest BCUT2D eigenvalue weighted by molar-refractivity contribution is 9.10. The van der Waals surface area contributed by atoms with E-state index < -0.39 is 11.6 Å². The number of benzene rings is 1. The monoisotopic (exact) mass is 318 g/mol. The molecule has 0 unspecified atom stereocenters. The number of ether oxygens (including phenoxy) is 1. The Bertz CT molecular complexity index is 560. The van der Waals surface area contributed by atoms with Gasteiger partial charge in [0.25, 0.3) is 5.89 Å². The zero-order valence-electron chi connectivity index (χ0n) is 9.41. The zero-order valence-corrected chi connectivity index (χ0v) is 11.0. The summed E-state index contributed by atoms with van der Waals surface area (Å²) in [6, 6.07) is 2.35. The lowest BCUT2D eigenvalue weighted by Gasteiger charge is -2.05. The second-order valence-corrected chi connectivity index (χ2v) is 4.36. The summed E-state index contributed by atoms with van der Waals surface area (Å²) in [5.41, 5.74) is 0. The molecule has 2 rings (SSSR count). The number of aryl methyl sites for hydroxylation is 1. The Morgan fingerprint density at radius 2 is 2.17 bits per heavy atom. The molecule has 1 heterocycles. The van der Waals surface area contributed by atoms with Crippen LogP contribution in [0.2, 0.25) is 0 Å². The van der Waals surface area contributed by atoms with Crippen molar-refractivity contribution in [1.82, 2.24) is 10.1 Å². The summed E-state index contributed by atoms with van der Waals surface area (Å²) in [6.45, 7) is 1.76. The molecule has 0 aliphatic heterocycles. The molecule has 0 saturated carbocycles. The molecule has 0 amide bonds. The van der Waals surface area contributed by atoms with E-state index in [0.29, 0.717) is 16.7 Å². The average molecular weight is 319 g/mol. The van der Waals surface area contributed by atoms with Gasteiger partial charge in [0.2, 0.25) is 5.82 Å². The van der Waals surface area contributed by atoms with Gasteiger partial charge in [-0.05, 0) is 12.1 Å². The largest absolute Gasteiger partial charge is 0.481 e. The van der Waals surface area contributed by atoms with Crippen LogP contribution >= 0.6 is 15.9 Å². The fourth-order valence-corrected chi connectivity index (χ4v) is 1.68. The Kier molecular flexibility index (Phi) is 3.90. The van der Waals surface area contributed by atoms with Gasteiger partial charge in [-0.3, -0.25) is 0 Å². The number of rotatable bonds is 4. The van der Waals surface area contributed by atoms with Crippen molar-refractivity contribution in [2.45, 2.75) is 20.0 Å². The normalized spacial score (nSPS) is 10.7. The molecule has 2 aromatic rings. The fourth-order valence-electron chi connectivity index (χ4n) is 1.27. The Labute approximate surface area is 110 Å². The summed E-state index contributed by atoms with van der Waals surface area (Å²) in [7, 11) is 0. The van der Waals surface area contributed by atoms with Gasteiger partial charge in [-0.1, -0.05) is 28.0 Å². The maximum absolute atomic E-state index is 13.4. The lowest BCUT2D eigenvalue weighted by Crippen LogP contribution is -1.99. The highest BCUT2D eigenvalue weighted by Crippen LogP contribution is 2.25. The molecule has 0 saturated heterocycles. The van der Waals surface area contributed by atoms with Crippen LogP contribution < -0.4 is 4.74 Å². The summed E-state index contributed by atoms with van der Waals surface area (Å²) in [4.78, 5) is 3.99. The zero-order chi connectivity index (χ0) is 13.1. The minimum absolute atomic E-state index is 0.111. The second-order valence-electron chi connectivity index (χ2n) is 3.45. The molecule has 0 spiro atoms. The Balaban J connectivity index is 2.10. The smallest absolute Gasteiger partial charge is 0.264 e. The molecule has 1 aromatic heterocycles. The molecule has 4 nitrogen and oxygen atoms in total. The van der Waals surface area contributed by atoms with Crippen LogP contribution in [0.1, 0.15) is 18.6 Å². The van der Waals surface area contributed by atoms with Crippen molar-refractivity contribution in [3.05, 3.63) is 40.0 Å². The molecule has 0 bridgehead atoms. The van der Waals surface area contributed by atoms with E-state index in [2.05, 4.69) is 26.1 Å². The second kappa shape index (κ2) is 5.43. The van der Waals surface area contributed by atoms with E-state index in [0.717, 1.165) is 6.07 Å². The summed E-state index contributed by atoms with van der Waals surface area (Å²) in [6.07, 6.45) is 0.628. The van der Waals surface area contributed by atoms with Crippen LogP contribution in [0.4, 0.5) is 8.78 Å². The molecule has 7 heteroatoms. The molecule has 0 radical (unpaired) electrons. The summed E-state index contributed by atoms with van der Waals surface area (Å²) in [5, 5.41) is 3.66. The third kappa shape index (κ3) is 2.84. The van der Waals surface area contributed by atoms with Crippen molar-refractivity contribution >= 4 is 15.9 Å². The summed E-state index contributed by atoms with van der Waals surface area (Å²) in [5.74, 6) is -1.49. The maximum atomic E-state index is 13.4. The third-order valence-corrected chi connectivity index (χ3v) is 2.59. The Hall–Kier alpha value is -1.50. The van der Waals surface area contributed by atoms with Gasteiger partial charge >= 0.3 is 0 Å². The van der Waals surface area contributed by atoms with Gasteiger partial charge in [0.1, 0.15) is 0 Å². The lowest BCUT2D eigenvalue weighted by molar-refractivity contribution is 0.231.